The van der Waals surface area contributed by atoms with Gasteiger partial charge in [0.2, 0.25) is 0 Å². The van der Waals surface area contributed by atoms with Gasteiger partial charge in [0.25, 0.3) is 0 Å². The molecule has 1 rings (SSSR count). The predicted octanol–water partition coefficient (Wildman–Crippen LogP) is 2.33. The van der Waals surface area contributed by atoms with E-state index in [0.29, 0.717) is 6.54 Å². The Balaban J connectivity index is 2.50. The van der Waals surface area contributed by atoms with E-state index in [1.807, 2.05) is 13.0 Å². The molecule has 0 spiro atoms. The van der Waals surface area contributed by atoms with Crippen molar-refractivity contribution in [2.45, 2.75) is 25.9 Å². The summed E-state index contributed by atoms with van der Waals surface area (Å²) in [6.45, 7) is 2.63. The van der Waals surface area contributed by atoms with Crippen LogP contribution in [0.1, 0.15) is 18.9 Å². The lowest BCUT2D eigenvalue weighted by Crippen LogP contribution is -2.26. The Morgan fingerprint density at radius 3 is 2.93 bits per heavy atom. The molecule has 14 heavy (non-hydrogen) atoms. The van der Waals surface area contributed by atoms with Crippen molar-refractivity contribution < 1.29 is 4.39 Å². The molecule has 0 radical (unpaired) electrons. The number of benzene rings is 1. The third kappa shape index (κ3) is 3.20. The quantitative estimate of drug-likeness (QED) is 0.720. The van der Waals surface area contributed by atoms with Crippen LogP contribution in [0, 0.1) is 18.2 Å². The number of rotatable bonds is 4. The highest BCUT2D eigenvalue weighted by atomic mass is 19.1. The molecule has 1 aromatic rings. The molecule has 1 aromatic carbocycles. The number of hydrogen-bond donors (Lipinski definition) is 1. The van der Waals surface area contributed by atoms with Gasteiger partial charge in [0, 0.05) is 6.54 Å². The lowest BCUT2D eigenvalue weighted by atomic mass is 10.2. The van der Waals surface area contributed by atoms with Gasteiger partial charge < -0.3 is 0 Å². The molecule has 1 atom stereocenters. The van der Waals surface area contributed by atoms with E-state index in [2.05, 4.69) is 11.2 Å². The maximum Gasteiger partial charge on any atom is 0.123 e. The molecule has 0 fully saturated rings. The smallest absolute Gasteiger partial charge is 0.123 e. The highest BCUT2D eigenvalue weighted by Crippen LogP contribution is 2.03. The van der Waals surface area contributed by atoms with Gasteiger partial charge in [-0.15, -0.1) is 6.42 Å². The van der Waals surface area contributed by atoms with Crippen LogP contribution in [0.5, 0.6) is 0 Å². The van der Waals surface area contributed by atoms with E-state index >= 15 is 0 Å². The average Bonchev–Trinajstić information content (AvgIpc) is 2.19. The molecule has 0 aromatic heterocycles. The van der Waals surface area contributed by atoms with Crippen LogP contribution < -0.4 is 5.32 Å². The molecule has 0 saturated heterocycles. The van der Waals surface area contributed by atoms with E-state index in [-0.39, 0.29) is 11.9 Å². The van der Waals surface area contributed by atoms with Crippen molar-refractivity contribution in [1.82, 2.24) is 5.32 Å². The Kier molecular flexibility index (Phi) is 4.15. The molecule has 0 saturated carbocycles. The Morgan fingerprint density at radius 2 is 2.36 bits per heavy atom. The molecule has 0 amide bonds. The third-order valence-corrected chi connectivity index (χ3v) is 2.05. The summed E-state index contributed by atoms with van der Waals surface area (Å²) in [7, 11) is 0. The fourth-order valence-corrected chi connectivity index (χ4v) is 1.21. The molecule has 74 valence electrons. The third-order valence-electron chi connectivity index (χ3n) is 2.05. The van der Waals surface area contributed by atoms with Gasteiger partial charge in [0.15, 0.2) is 0 Å². The van der Waals surface area contributed by atoms with E-state index in [1.54, 1.807) is 6.07 Å². The van der Waals surface area contributed by atoms with Gasteiger partial charge in [-0.2, -0.15) is 0 Å². The topological polar surface area (TPSA) is 12.0 Å². The number of nitrogens with one attached hydrogen (secondary N) is 1. The van der Waals surface area contributed by atoms with Crippen LogP contribution in [0.2, 0.25) is 0 Å². The van der Waals surface area contributed by atoms with Crippen molar-refractivity contribution in [2.24, 2.45) is 0 Å². The molecule has 0 bridgehead atoms. The van der Waals surface area contributed by atoms with Crippen LogP contribution in [0.3, 0.4) is 0 Å². The van der Waals surface area contributed by atoms with E-state index in [4.69, 9.17) is 6.42 Å². The summed E-state index contributed by atoms with van der Waals surface area (Å²) in [4.78, 5) is 0. The van der Waals surface area contributed by atoms with Crippen molar-refractivity contribution in [3.63, 3.8) is 0 Å². The zero-order valence-corrected chi connectivity index (χ0v) is 8.26. The van der Waals surface area contributed by atoms with Gasteiger partial charge in [0.1, 0.15) is 5.82 Å². The van der Waals surface area contributed by atoms with E-state index in [0.717, 1.165) is 12.0 Å². The zero-order valence-electron chi connectivity index (χ0n) is 8.26. The molecule has 1 unspecified atom stereocenters. The monoisotopic (exact) mass is 191 g/mol. The Hall–Kier alpha value is -1.33. The summed E-state index contributed by atoms with van der Waals surface area (Å²) in [6, 6.07) is 6.58. The molecule has 2 heteroatoms. The highest BCUT2D eigenvalue weighted by molar-refractivity contribution is 5.16. The minimum Gasteiger partial charge on any atom is -0.300 e. The fraction of sp³-hybridized carbons (Fsp3) is 0.333. The van der Waals surface area contributed by atoms with Crippen molar-refractivity contribution in [1.29, 1.82) is 0 Å². The Labute approximate surface area is 84.3 Å². The Morgan fingerprint density at radius 1 is 1.57 bits per heavy atom. The first-order chi connectivity index (χ1) is 6.76. The largest absolute Gasteiger partial charge is 0.300 e. The number of hydrogen-bond acceptors (Lipinski definition) is 1. The van der Waals surface area contributed by atoms with Crippen molar-refractivity contribution in [3.8, 4) is 12.3 Å². The lowest BCUT2D eigenvalue weighted by molar-refractivity contribution is 0.585. The van der Waals surface area contributed by atoms with Crippen LogP contribution in [-0.2, 0) is 6.54 Å². The van der Waals surface area contributed by atoms with Crippen molar-refractivity contribution in [2.75, 3.05) is 0 Å². The second-order valence-electron chi connectivity index (χ2n) is 3.14. The first-order valence-corrected chi connectivity index (χ1v) is 4.70. The second kappa shape index (κ2) is 5.41. The van der Waals surface area contributed by atoms with Crippen LogP contribution >= 0.6 is 0 Å². The number of halogens is 1. The lowest BCUT2D eigenvalue weighted by Gasteiger charge is -2.10. The molecule has 1 N–H and O–H groups in total. The summed E-state index contributed by atoms with van der Waals surface area (Å²) >= 11 is 0. The zero-order chi connectivity index (χ0) is 10.4. The SMILES string of the molecule is C#CC(CC)NCc1cccc(F)c1. The fourth-order valence-electron chi connectivity index (χ4n) is 1.21. The maximum atomic E-state index is 12.8. The van der Waals surface area contributed by atoms with Gasteiger partial charge in [-0.25, -0.2) is 4.39 Å². The first-order valence-electron chi connectivity index (χ1n) is 4.70. The summed E-state index contributed by atoms with van der Waals surface area (Å²) < 4.78 is 12.8. The average molecular weight is 191 g/mol. The number of terminal acetylenes is 1. The summed E-state index contributed by atoms with van der Waals surface area (Å²) in [5.41, 5.74) is 0.915. The summed E-state index contributed by atoms with van der Waals surface area (Å²) in [5.74, 6) is 2.42. The van der Waals surface area contributed by atoms with Crippen molar-refractivity contribution in [3.05, 3.63) is 35.6 Å². The summed E-state index contributed by atoms with van der Waals surface area (Å²) in [5, 5.41) is 3.16. The van der Waals surface area contributed by atoms with E-state index < -0.39 is 0 Å². The van der Waals surface area contributed by atoms with Gasteiger partial charge in [-0.05, 0) is 24.1 Å². The van der Waals surface area contributed by atoms with Gasteiger partial charge in [0.05, 0.1) is 6.04 Å². The van der Waals surface area contributed by atoms with Crippen molar-refractivity contribution >= 4 is 0 Å². The van der Waals surface area contributed by atoms with Gasteiger partial charge in [-0.3, -0.25) is 5.32 Å². The van der Waals surface area contributed by atoms with Gasteiger partial charge in [-0.1, -0.05) is 25.0 Å². The van der Waals surface area contributed by atoms with E-state index in [1.165, 1.54) is 12.1 Å². The molecule has 0 aliphatic heterocycles. The standard InChI is InChI=1S/C12H14FN/c1-3-12(4-2)14-9-10-6-5-7-11(13)8-10/h1,5-8,12,14H,4,9H2,2H3. The Bertz CT molecular complexity index is 327. The molecule has 0 aliphatic carbocycles. The molecule has 0 aliphatic rings. The van der Waals surface area contributed by atoms with E-state index in [9.17, 15) is 4.39 Å². The summed E-state index contributed by atoms with van der Waals surface area (Å²) in [6.07, 6.45) is 6.17. The molecular weight excluding hydrogens is 177 g/mol. The minimum atomic E-state index is -0.210. The van der Waals surface area contributed by atoms with Gasteiger partial charge >= 0.3 is 0 Å². The molecular formula is C12H14FN. The maximum absolute atomic E-state index is 12.8. The first kappa shape index (κ1) is 10.7. The normalized spacial score (nSPS) is 12.1. The predicted molar refractivity (Wildman–Crippen MR) is 56.2 cm³/mol. The van der Waals surface area contributed by atoms with Crippen LogP contribution in [-0.4, -0.2) is 6.04 Å². The molecule has 1 nitrogen and oxygen atoms in total. The highest BCUT2D eigenvalue weighted by Gasteiger charge is 2.00. The molecule has 0 heterocycles. The second-order valence-corrected chi connectivity index (χ2v) is 3.14. The minimum absolute atomic E-state index is 0.0678. The van der Waals surface area contributed by atoms with Crippen LogP contribution in [0.4, 0.5) is 4.39 Å². The van der Waals surface area contributed by atoms with Crippen LogP contribution in [0.25, 0.3) is 0 Å². The van der Waals surface area contributed by atoms with Crippen LogP contribution in [0.15, 0.2) is 24.3 Å².